The second-order valence-electron chi connectivity index (χ2n) is 3.53. The third-order valence-corrected chi connectivity index (χ3v) is 2.72. The van der Waals surface area contributed by atoms with Gasteiger partial charge < -0.3 is 0 Å². The summed E-state index contributed by atoms with van der Waals surface area (Å²) in [5.74, 6) is 1.56. The van der Waals surface area contributed by atoms with Gasteiger partial charge in [-0.1, -0.05) is 26.0 Å². The molecule has 62 valence electrons. The monoisotopic (exact) mass is 150 g/mol. The Bertz CT molecular complexity index is 174. The molecule has 2 unspecified atom stereocenters. The predicted molar refractivity (Wildman–Crippen MR) is 50.5 cm³/mol. The molecule has 0 aromatic heterocycles. The molecule has 0 N–H and O–H groups in total. The molecule has 0 heterocycles. The molecule has 0 nitrogen and oxygen atoms in total. The summed E-state index contributed by atoms with van der Waals surface area (Å²) in [5.41, 5.74) is 3.14. The lowest BCUT2D eigenvalue weighted by molar-refractivity contribution is 0.594. The molecule has 0 saturated heterocycles. The van der Waals surface area contributed by atoms with E-state index in [0.717, 1.165) is 11.8 Å². The lowest BCUT2D eigenvalue weighted by Gasteiger charge is -2.04. The van der Waals surface area contributed by atoms with Gasteiger partial charge in [-0.2, -0.15) is 0 Å². The number of hydrogen-bond donors (Lipinski definition) is 0. The van der Waals surface area contributed by atoms with Crippen LogP contribution in [0.5, 0.6) is 0 Å². The van der Waals surface area contributed by atoms with Crippen LogP contribution >= 0.6 is 0 Å². The maximum Gasteiger partial charge on any atom is -0.0185 e. The van der Waals surface area contributed by atoms with Crippen LogP contribution in [0.1, 0.15) is 34.1 Å². The van der Waals surface area contributed by atoms with Crippen LogP contribution in [0.3, 0.4) is 0 Å². The van der Waals surface area contributed by atoms with Crippen LogP contribution in [0.4, 0.5) is 0 Å². The van der Waals surface area contributed by atoms with Gasteiger partial charge in [0.05, 0.1) is 0 Å². The van der Waals surface area contributed by atoms with Crippen LogP contribution < -0.4 is 0 Å². The summed E-state index contributed by atoms with van der Waals surface area (Å²) in [7, 11) is 0. The van der Waals surface area contributed by atoms with Crippen LogP contribution in [0.15, 0.2) is 23.3 Å². The Labute approximate surface area is 70.0 Å². The molecule has 1 aliphatic rings. The molecular formula is C11H18. The van der Waals surface area contributed by atoms with Gasteiger partial charge in [0.2, 0.25) is 0 Å². The Balaban J connectivity index is 2.94. The third-order valence-electron chi connectivity index (χ3n) is 2.72. The van der Waals surface area contributed by atoms with Gasteiger partial charge in [0.15, 0.2) is 0 Å². The highest BCUT2D eigenvalue weighted by molar-refractivity contribution is 5.38. The summed E-state index contributed by atoms with van der Waals surface area (Å²) in [6, 6.07) is 0. The van der Waals surface area contributed by atoms with E-state index in [1.54, 1.807) is 11.1 Å². The normalized spacial score (nSPS) is 38.9. The Kier molecular flexibility index (Phi) is 2.53. The number of hydrogen-bond acceptors (Lipinski definition) is 0. The van der Waals surface area contributed by atoms with Crippen LogP contribution in [0, 0.1) is 11.8 Å². The van der Waals surface area contributed by atoms with Gasteiger partial charge in [-0.25, -0.2) is 0 Å². The van der Waals surface area contributed by atoms with Crippen molar-refractivity contribution in [3.8, 4) is 0 Å². The van der Waals surface area contributed by atoms with Gasteiger partial charge >= 0.3 is 0 Å². The fourth-order valence-corrected chi connectivity index (χ4v) is 2.26. The maximum absolute atomic E-state index is 2.32. The highest BCUT2D eigenvalue weighted by Gasteiger charge is 2.26. The first-order valence-corrected chi connectivity index (χ1v) is 4.53. The second kappa shape index (κ2) is 3.25. The van der Waals surface area contributed by atoms with E-state index in [4.69, 9.17) is 0 Å². The smallest absolute Gasteiger partial charge is 0.0185 e. The van der Waals surface area contributed by atoms with E-state index in [1.165, 1.54) is 6.42 Å². The second-order valence-corrected chi connectivity index (χ2v) is 3.53. The minimum Gasteiger partial charge on any atom is -0.0839 e. The molecule has 1 saturated carbocycles. The van der Waals surface area contributed by atoms with E-state index in [2.05, 4.69) is 39.8 Å². The molecule has 0 amide bonds. The number of rotatable bonds is 0. The first kappa shape index (κ1) is 8.58. The quantitative estimate of drug-likeness (QED) is 0.495. The first-order valence-electron chi connectivity index (χ1n) is 4.53. The van der Waals surface area contributed by atoms with Crippen LogP contribution in [-0.4, -0.2) is 0 Å². The van der Waals surface area contributed by atoms with Crippen molar-refractivity contribution in [1.29, 1.82) is 0 Å². The summed E-state index contributed by atoms with van der Waals surface area (Å²) in [6.07, 6.45) is 5.87. The van der Waals surface area contributed by atoms with E-state index in [9.17, 15) is 0 Å². The van der Waals surface area contributed by atoms with Crippen LogP contribution in [-0.2, 0) is 0 Å². The van der Waals surface area contributed by atoms with Crippen molar-refractivity contribution in [1.82, 2.24) is 0 Å². The number of allylic oxidation sites excluding steroid dienone is 4. The van der Waals surface area contributed by atoms with E-state index in [0.29, 0.717) is 0 Å². The SMILES string of the molecule is CC=C1C(=CC)C(C)CC1C. The summed E-state index contributed by atoms with van der Waals surface area (Å²) >= 11 is 0. The molecule has 0 spiro atoms. The fraction of sp³-hybridized carbons (Fsp3) is 0.636. The van der Waals surface area contributed by atoms with Crippen molar-refractivity contribution < 1.29 is 0 Å². The highest BCUT2D eigenvalue weighted by atomic mass is 14.3. The van der Waals surface area contributed by atoms with Crippen molar-refractivity contribution in [2.45, 2.75) is 34.1 Å². The zero-order valence-electron chi connectivity index (χ0n) is 8.02. The Morgan fingerprint density at radius 3 is 1.64 bits per heavy atom. The van der Waals surface area contributed by atoms with Gasteiger partial charge in [0.1, 0.15) is 0 Å². The molecule has 0 aromatic carbocycles. The van der Waals surface area contributed by atoms with Crippen molar-refractivity contribution in [3.63, 3.8) is 0 Å². The molecule has 2 atom stereocenters. The average molecular weight is 150 g/mol. The molecule has 0 bridgehead atoms. The first-order chi connectivity index (χ1) is 5.20. The Morgan fingerprint density at radius 2 is 1.36 bits per heavy atom. The van der Waals surface area contributed by atoms with Gasteiger partial charge in [-0.15, -0.1) is 0 Å². The third kappa shape index (κ3) is 1.40. The van der Waals surface area contributed by atoms with Gasteiger partial charge in [-0.3, -0.25) is 0 Å². The molecule has 1 aliphatic carbocycles. The molecular weight excluding hydrogens is 132 g/mol. The zero-order chi connectivity index (χ0) is 8.43. The molecule has 0 aliphatic heterocycles. The van der Waals surface area contributed by atoms with Crippen molar-refractivity contribution in [2.75, 3.05) is 0 Å². The summed E-state index contributed by atoms with van der Waals surface area (Å²) < 4.78 is 0. The molecule has 1 fully saturated rings. The highest BCUT2D eigenvalue weighted by Crippen LogP contribution is 2.39. The Morgan fingerprint density at radius 1 is 1.00 bits per heavy atom. The van der Waals surface area contributed by atoms with Gasteiger partial charge in [-0.05, 0) is 43.3 Å². The lowest BCUT2D eigenvalue weighted by Crippen LogP contribution is -1.88. The topological polar surface area (TPSA) is 0 Å². The molecule has 11 heavy (non-hydrogen) atoms. The van der Waals surface area contributed by atoms with Crippen LogP contribution in [0.2, 0.25) is 0 Å². The minimum atomic E-state index is 0.779. The maximum atomic E-state index is 2.32. The van der Waals surface area contributed by atoms with Gasteiger partial charge in [0, 0.05) is 0 Å². The fourth-order valence-electron chi connectivity index (χ4n) is 2.26. The predicted octanol–water partition coefficient (Wildman–Crippen LogP) is 3.55. The molecule has 1 rings (SSSR count). The molecule has 0 radical (unpaired) electrons. The standard InChI is InChI=1S/C11H18/c1-5-10-8(3)7-9(4)11(10)6-2/h5-6,8-9H,7H2,1-4H3. The largest absolute Gasteiger partial charge is 0.0839 e. The minimum absolute atomic E-state index is 0.779. The van der Waals surface area contributed by atoms with Crippen molar-refractivity contribution in [3.05, 3.63) is 23.3 Å². The van der Waals surface area contributed by atoms with E-state index in [1.807, 2.05) is 0 Å². The van der Waals surface area contributed by atoms with E-state index < -0.39 is 0 Å². The zero-order valence-corrected chi connectivity index (χ0v) is 8.02. The van der Waals surface area contributed by atoms with Crippen molar-refractivity contribution in [2.24, 2.45) is 11.8 Å². The van der Waals surface area contributed by atoms with Crippen LogP contribution in [0.25, 0.3) is 0 Å². The van der Waals surface area contributed by atoms with E-state index in [-0.39, 0.29) is 0 Å². The van der Waals surface area contributed by atoms with Crippen molar-refractivity contribution >= 4 is 0 Å². The van der Waals surface area contributed by atoms with E-state index >= 15 is 0 Å². The molecule has 0 heteroatoms. The summed E-state index contributed by atoms with van der Waals surface area (Å²) in [6.45, 7) is 8.94. The summed E-state index contributed by atoms with van der Waals surface area (Å²) in [5, 5.41) is 0. The lowest BCUT2D eigenvalue weighted by atomic mass is 10.0. The average Bonchev–Trinajstić information content (AvgIpc) is 2.24. The Hall–Kier alpha value is -0.520. The summed E-state index contributed by atoms with van der Waals surface area (Å²) in [4.78, 5) is 0. The van der Waals surface area contributed by atoms with Gasteiger partial charge in [0.25, 0.3) is 0 Å². The molecule has 0 aromatic rings.